The van der Waals surface area contributed by atoms with Crippen LogP contribution in [0.25, 0.3) is 0 Å². The van der Waals surface area contributed by atoms with Gasteiger partial charge in [0.15, 0.2) is 0 Å². The lowest BCUT2D eigenvalue weighted by molar-refractivity contribution is 0.130. The molecule has 1 aromatic rings. The summed E-state index contributed by atoms with van der Waals surface area (Å²) in [6, 6.07) is 8.66. The molecule has 1 aromatic carbocycles. The van der Waals surface area contributed by atoms with Gasteiger partial charge in [0.2, 0.25) is 0 Å². The second kappa shape index (κ2) is 7.17. The van der Waals surface area contributed by atoms with Crippen molar-refractivity contribution < 1.29 is 4.74 Å². The Hall–Kier alpha value is -1.22. The summed E-state index contributed by atoms with van der Waals surface area (Å²) < 4.78 is 6.24. The van der Waals surface area contributed by atoms with Gasteiger partial charge in [0, 0.05) is 37.9 Å². The van der Waals surface area contributed by atoms with Gasteiger partial charge >= 0.3 is 0 Å². The van der Waals surface area contributed by atoms with E-state index in [-0.39, 0.29) is 0 Å². The van der Waals surface area contributed by atoms with Crippen LogP contribution in [0.15, 0.2) is 24.3 Å². The molecule has 1 saturated carbocycles. The molecule has 1 N–H and O–H groups in total. The Morgan fingerprint density at radius 3 is 2.62 bits per heavy atom. The van der Waals surface area contributed by atoms with Crippen LogP contribution in [-0.2, 0) is 0 Å². The van der Waals surface area contributed by atoms with Gasteiger partial charge in [0.25, 0.3) is 0 Å². The minimum Gasteiger partial charge on any atom is -0.490 e. The standard InChI is InChI=1S/C18H28N2O/c1-2-15-6-8-17(9-7-15)21-18-5-3-4-16(14-18)20-12-10-19-11-13-20/h3-5,14-15,17,19H,2,6-13H2,1H3. The van der Waals surface area contributed by atoms with E-state index in [1.165, 1.54) is 37.8 Å². The predicted octanol–water partition coefficient (Wildman–Crippen LogP) is 3.44. The molecular weight excluding hydrogens is 260 g/mol. The average Bonchev–Trinajstić information content (AvgIpc) is 2.57. The highest BCUT2D eigenvalue weighted by atomic mass is 16.5. The van der Waals surface area contributed by atoms with E-state index in [2.05, 4.69) is 41.4 Å². The number of nitrogens with one attached hydrogen (secondary N) is 1. The van der Waals surface area contributed by atoms with Gasteiger partial charge < -0.3 is 15.0 Å². The molecule has 0 atom stereocenters. The number of rotatable bonds is 4. The first-order valence-electron chi connectivity index (χ1n) is 8.57. The Kier molecular flexibility index (Phi) is 5.02. The van der Waals surface area contributed by atoms with E-state index in [9.17, 15) is 0 Å². The average molecular weight is 288 g/mol. The first-order chi connectivity index (χ1) is 10.3. The summed E-state index contributed by atoms with van der Waals surface area (Å²) in [4.78, 5) is 2.44. The lowest BCUT2D eigenvalue weighted by Crippen LogP contribution is -2.43. The fourth-order valence-electron chi connectivity index (χ4n) is 3.53. The zero-order valence-corrected chi connectivity index (χ0v) is 13.2. The van der Waals surface area contributed by atoms with Crippen molar-refractivity contribution in [2.75, 3.05) is 31.1 Å². The van der Waals surface area contributed by atoms with Crippen molar-refractivity contribution in [2.45, 2.75) is 45.1 Å². The Balaban J connectivity index is 1.58. The number of hydrogen-bond donors (Lipinski definition) is 1. The van der Waals surface area contributed by atoms with E-state index in [1.807, 2.05) is 0 Å². The van der Waals surface area contributed by atoms with Crippen LogP contribution in [0.5, 0.6) is 5.75 Å². The van der Waals surface area contributed by atoms with Crippen LogP contribution in [0.3, 0.4) is 0 Å². The molecule has 1 heterocycles. The predicted molar refractivity (Wildman–Crippen MR) is 88.2 cm³/mol. The van der Waals surface area contributed by atoms with Gasteiger partial charge in [-0.15, -0.1) is 0 Å². The van der Waals surface area contributed by atoms with Crippen molar-refractivity contribution in [3.05, 3.63) is 24.3 Å². The van der Waals surface area contributed by atoms with E-state index in [0.717, 1.165) is 37.8 Å². The zero-order chi connectivity index (χ0) is 14.5. The molecule has 1 aliphatic heterocycles. The summed E-state index contributed by atoms with van der Waals surface area (Å²) in [5, 5.41) is 3.40. The summed E-state index contributed by atoms with van der Waals surface area (Å²) in [6.07, 6.45) is 6.85. The van der Waals surface area contributed by atoms with Crippen LogP contribution in [-0.4, -0.2) is 32.3 Å². The summed E-state index contributed by atoms with van der Waals surface area (Å²) in [5.74, 6) is 1.98. The van der Waals surface area contributed by atoms with Crippen LogP contribution in [0.4, 0.5) is 5.69 Å². The monoisotopic (exact) mass is 288 g/mol. The fraction of sp³-hybridized carbons (Fsp3) is 0.667. The van der Waals surface area contributed by atoms with Gasteiger partial charge in [-0.05, 0) is 43.7 Å². The molecule has 0 amide bonds. The van der Waals surface area contributed by atoms with Crippen LogP contribution < -0.4 is 15.0 Å². The Labute approximate surface area is 128 Å². The van der Waals surface area contributed by atoms with Gasteiger partial charge in [-0.2, -0.15) is 0 Å². The lowest BCUT2D eigenvalue weighted by atomic mass is 9.86. The maximum Gasteiger partial charge on any atom is 0.121 e. The molecule has 1 aliphatic carbocycles. The number of piperazine rings is 1. The summed E-state index contributed by atoms with van der Waals surface area (Å²) in [5.41, 5.74) is 1.30. The number of ether oxygens (including phenoxy) is 1. The molecule has 0 unspecified atom stereocenters. The van der Waals surface area contributed by atoms with Crippen LogP contribution >= 0.6 is 0 Å². The summed E-state index contributed by atoms with van der Waals surface area (Å²) >= 11 is 0. The number of nitrogens with zero attached hydrogens (tertiary/aromatic N) is 1. The van der Waals surface area contributed by atoms with E-state index >= 15 is 0 Å². The fourth-order valence-corrected chi connectivity index (χ4v) is 3.53. The molecule has 3 nitrogen and oxygen atoms in total. The molecule has 2 aliphatic rings. The summed E-state index contributed by atoms with van der Waals surface area (Å²) in [7, 11) is 0. The molecular formula is C18H28N2O. The first kappa shape index (κ1) is 14.7. The molecule has 3 rings (SSSR count). The van der Waals surface area contributed by atoms with Crippen molar-refractivity contribution in [3.8, 4) is 5.75 Å². The smallest absolute Gasteiger partial charge is 0.121 e. The van der Waals surface area contributed by atoms with Crippen molar-refractivity contribution >= 4 is 5.69 Å². The van der Waals surface area contributed by atoms with Crippen molar-refractivity contribution in [2.24, 2.45) is 5.92 Å². The molecule has 2 fully saturated rings. The summed E-state index contributed by atoms with van der Waals surface area (Å²) in [6.45, 7) is 6.64. The van der Waals surface area contributed by atoms with Gasteiger partial charge in [-0.25, -0.2) is 0 Å². The van der Waals surface area contributed by atoms with Gasteiger partial charge in [-0.1, -0.05) is 19.4 Å². The van der Waals surface area contributed by atoms with E-state index in [1.54, 1.807) is 0 Å². The molecule has 0 bridgehead atoms. The maximum absolute atomic E-state index is 6.24. The van der Waals surface area contributed by atoms with Crippen molar-refractivity contribution in [1.29, 1.82) is 0 Å². The SMILES string of the molecule is CCC1CCC(Oc2cccc(N3CCNCC3)c2)CC1. The quantitative estimate of drug-likeness (QED) is 0.918. The number of anilines is 1. The van der Waals surface area contributed by atoms with E-state index < -0.39 is 0 Å². The molecule has 0 spiro atoms. The topological polar surface area (TPSA) is 24.5 Å². The highest BCUT2D eigenvalue weighted by Crippen LogP contribution is 2.30. The Morgan fingerprint density at radius 2 is 1.90 bits per heavy atom. The molecule has 116 valence electrons. The Bertz CT molecular complexity index is 435. The third-order valence-corrected chi connectivity index (χ3v) is 4.97. The molecule has 1 saturated heterocycles. The van der Waals surface area contributed by atoms with E-state index in [0.29, 0.717) is 6.10 Å². The molecule has 0 radical (unpaired) electrons. The van der Waals surface area contributed by atoms with Crippen LogP contribution in [0.2, 0.25) is 0 Å². The highest BCUT2D eigenvalue weighted by molar-refractivity contribution is 5.51. The van der Waals surface area contributed by atoms with Crippen molar-refractivity contribution in [1.82, 2.24) is 5.32 Å². The van der Waals surface area contributed by atoms with E-state index in [4.69, 9.17) is 4.74 Å². The second-order valence-corrected chi connectivity index (χ2v) is 6.40. The first-order valence-corrected chi connectivity index (χ1v) is 8.57. The third-order valence-electron chi connectivity index (χ3n) is 4.97. The molecule has 0 aromatic heterocycles. The Morgan fingerprint density at radius 1 is 1.14 bits per heavy atom. The van der Waals surface area contributed by atoms with Gasteiger partial charge in [-0.3, -0.25) is 0 Å². The van der Waals surface area contributed by atoms with Gasteiger partial charge in [0.1, 0.15) is 5.75 Å². The number of hydrogen-bond acceptors (Lipinski definition) is 3. The van der Waals surface area contributed by atoms with Crippen molar-refractivity contribution in [3.63, 3.8) is 0 Å². The minimum absolute atomic E-state index is 0.422. The second-order valence-electron chi connectivity index (χ2n) is 6.40. The minimum atomic E-state index is 0.422. The number of benzene rings is 1. The molecule has 3 heteroatoms. The lowest BCUT2D eigenvalue weighted by Gasteiger charge is -2.31. The molecule has 21 heavy (non-hydrogen) atoms. The highest BCUT2D eigenvalue weighted by Gasteiger charge is 2.21. The normalized spacial score (nSPS) is 26.6. The van der Waals surface area contributed by atoms with Crippen LogP contribution in [0, 0.1) is 5.92 Å². The zero-order valence-electron chi connectivity index (χ0n) is 13.2. The largest absolute Gasteiger partial charge is 0.490 e. The van der Waals surface area contributed by atoms with Gasteiger partial charge in [0.05, 0.1) is 6.10 Å². The third kappa shape index (κ3) is 3.91. The maximum atomic E-state index is 6.24. The van der Waals surface area contributed by atoms with Crippen LogP contribution in [0.1, 0.15) is 39.0 Å².